The molecule has 2 aromatic rings. The molecular formula is C12H10BrN3O3. The van der Waals surface area contributed by atoms with Gasteiger partial charge in [-0.15, -0.1) is 0 Å². The minimum atomic E-state index is -0.788. The molecule has 0 atom stereocenters. The summed E-state index contributed by atoms with van der Waals surface area (Å²) in [5, 5.41) is 0. The summed E-state index contributed by atoms with van der Waals surface area (Å²) in [7, 11) is 0. The third-order valence-electron chi connectivity index (χ3n) is 2.49. The highest BCUT2D eigenvalue weighted by atomic mass is 79.9. The average Bonchev–Trinajstić information content (AvgIpc) is 2.36. The van der Waals surface area contributed by atoms with Crippen molar-refractivity contribution in [3.63, 3.8) is 0 Å². The molecular weight excluding hydrogens is 314 g/mol. The van der Waals surface area contributed by atoms with Gasteiger partial charge in [-0.1, -0.05) is 15.9 Å². The molecule has 98 valence electrons. The van der Waals surface area contributed by atoms with Gasteiger partial charge in [-0.3, -0.25) is 23.5 Å². The molecule has 6 nitrogen and oxygen atoms in total. The molecule has 7 heteroatoms. The molecule has 0 radical (unpaired) electrons. The number of primary amides is 1. The molecule has 0 saturated heterocycles. The van der Waals surface area contributed by atoms with Gasteiger partial charge in [0.1, 0.15) is 6.54 Å². The van der Waals surface area contributed by atoms with E-state index in [1.807, 2.05) is 0 Å². The van der Waals surface area contributed by atoms with Crippen molar-refractivity contribution in [2.45, 2.75) is 6.54 Å². The summed E-state index contributed by atoms with van der Waals surface area (Å²) < 4.78 is 3.07. The lowest BCUT2D eigenvalue weighted by Crippen LogP contribution is -2.41. The number of rotatable bonds is 3. The first-order chi connectivity index (χ1) is 8.99. The van der Waals surface area contributed by atoms with Crippen molar-refractivity contribution in [1.29, 1.82) is 0 Å². The smallest absolute Gasteiger partial charge is 0.320 e. The minimum absolute atomic E-state index is 0.310. The highest BCUT2D eigenvalue weighted by Gasteiger charge is 2.08. The van der Waals surface area contributed by atoms with Crippen molar-refractivity contribution in [2.24, 2.45) is 5.73 Å². The van der Waals surface area contributed by atoms with Gasteiger partial charge in [-0.25, -0.2) is 0 Å². The lowest BCUT2D eigenvalue weighted by molar-refractivity contribution is -0.118. The van der Waals surface area contributed by atoms with E-state index in [0.29, 0.717) is 5.69 Å². The second kappa shape index (κ2) is 5.23. The van der Waals surface area contributed by atoms with E-state index in [9.17, 15) is 14.4 Å². The van der Waals surface area contributed by atoms with Crippen molar-refractivity contribution in [3.05, 3.63) is 61.8 Å². The van der Waals surface area contributed by atoms with Crippen LogP contribution in [0.3, 0.4) is 0 Å². The Kier molecular flexibility index (Phi) is 3.66. The SMILES string of the molecule is NC(=O)Cn1ccn(-c2ccc(Br)cc2)c(=O)c1=O. The Labute approximate surface area is 116 Å². The van der Waals surface area contributed by atoms with Gasteiger partial charge in [0.25, 0.3) is 0 Å². The lowest BCUT2D eigenvalue weighted by Gasteiger charge is -2.07. The Balaban J connectivity index is 2.53. The molecule has 0 spiro atoms. The van der Waals surface area contributed by atoms with Crippen molar-refractivity contribution >= 4 is 21.8 Å². The number of hydrogen-bond donors (Lipinski definition) is 1. The normalized spacial score (nSPS) is 10.4. The molecule has 0 aliphatic carbocycles. The number of aromatic nitrogens is 2. The van der Waals surface area contributed by atoms with Gasteiger partial charge >= 0.3 is 11.1 Å². The van der Waals surface area contributed by atoms with Crippen molar-refractivity contribution in [1.82, 2.24) is 9.13 Å². The van der Waals surface area contributed by atoms with E-state index < -0.39 is 17.0 Å². The number of benzene rings is 1. The summed E-state index contributed by atoms with van der Waals surface area (Å²) in [5.74, 6) is -0.678. The second-order valence-corrected chi connectivity index (χ2v) is 4.76. The Bertz CT molecular complexity index is 731. The summed E-state index contributed by atoms with van der Waals surface area (Å²) in [6, 6.07) is 6.92. The van der Waals surface area contributed by atoms with E-state index in [2.05, 4.69) is 15.9 Å². The summed E-state index contributed by atoms with van der Waals surface area (Å²) in [4.78, 5) is 34.5. The number of carbonyl (C=O) groups is 1. The van der Waals surface area contributed by atoms with E-state index in [4.69, 9.17) is 5.73 Å². The molecule has 0 fully saturated rings. The Hall–Kier alpha value is -2.15. The zero-order valence-electron chi connectivity index (χ0n) is 9.75. The van der Waals surface area contributed by atoms with Crippen LogP contribution in [-0.4, -0.2) is 15.0 Å². The first-order valence-corrected chi connectivity index (χ1v) is 6.14. The van der Waals surface area contributed by atoms with Gasteiger partial charge in [-0.05, 0) is 24.3 Å². The first-order valence-electron chi connectivity index (χ1n) is 5.35. The molecule has 2 rings (SSSR count). The second-order valence-electron chi connectivity index (χ2n) is 3.85. The summed E-state index contributed by atoms with van der Waals surface area (Å²) in [5.41, 5.74) is 4.04. The Morgan fingerprint density at radius 3 is 2.32 bits per heavy atom. The van der Waals surface area contributed by atoms with E-state index in [0.717, 1.165) is 9.04 Å². The van der Waals surface area contributed by atoms with Crippen LogP contribution in [0, 0.1) is 0 Å². The molecule has 2 N–H and O–H groups in total. The number of amides is 1. The minimum Gasteiger partial charge on any atom is -0.368 e. The van der Waals surface area contributed by atoms with Crippen LogP contribution in [0.2, 0.25) is 0 Å². The maximum Gasteiger partial charge on any atom is 0.320 e. The van der Waals surface area contributed by atoms with Crippen molar-refractivity contribution < 1.29 is 4.79 Å². The predicted molar refractivity (Wildman–Crippen MR) is 73.2 cm³/mol. The maximum absolute atomic E-state index is 11.9. The Morgan fingerprint density at radius 2 is 1.74 bits per heavy atom. The van der Waals surface area contributed by atoms with Gasteiger partial charge in [0, 0.05) is 22.6 Å². The van der Waals surface area contributed by atoms with Crippen LogP contribution in [0.15, 0.2) is 50.7 Å². The first kappa shape index (κ1) is 13.3. The summed E-state index contributed by atoms with van der Waals surface area (Å²) >= 11 is 3.29. The standard InChI is InChI=1S/C12H10BrN3O3/c13-8-1-3-9(4-2-8)16-6-5-15(7-10(14)17)11(18)12(16)19/h1-6H,7H2,(H2,14,17). The third kappa shape index (κ3) is 2.82. The number of carbonyl (C=O) groups excluding carboxylic acids is 1. The quantitative estimate of drug-likeness (QED) is 0.821. The summed E-state index contributed by atoms with van der Waals surface area (Å²) in [6.45, 7) is -0.310. The topological polar surface area (TPSA) is 87.1 Å². The molecule has 0 aliphatic heterocycles. The maximum atomic E-state index is 11.9. The zero-order chi connectivity index (χ0) is 14.0. The van der Waals surface area contributed by atoms with Crippen LogP contribution in [0.4, 0.5) is 0 Å². The molecule has 0 bridgehead atoms. The van der Waals surface area contributed by atoms with Crippen LogP contribution < -0.4 is 16.9 Å². The highest BCUT2D eigenvalue weighted by molar-refractivity contribution is 9.10. The van der Waals surface area contributed by atoms with Crippen LogP contribution in [0.25, 0.3) is 5.69 Å². The lowest BCUT2D eigenvalue weighted by atomic mass is 10.3. The van der Waals surface area contributed by atoms with Gasteiger partial charge in [0.05, 0.1) is 0 Å². The number of nitrogens with two attached hydrogens (primary N) is 1. The van der Waals surface area contributed by atoms with Gasteiger partial charge in [0.15, 0.2) is 0 Å². The van der Waals surface area contributed by atoms with Gasteiger partial charge < -0.3 is 5.73 Å². The third-order valence-corrected chi connectivity index (χ3v) is 3.02. The monoisotopic (exact) mass is 323 g/mol. The van der Waals surface area contributed by atoms with E-state index in [1.165, 1.54) is 17.0 Å². The van der Waals surface area contributed by atoms with E-state index >= 15 is 0 Å². The molecule has 1 aromatic carbocycles. The highest BCUT2D eigenvalue weighted by Crippen LogP contribution is 2.12. The molecule has 1 aromatic heterocycles. The molecule has 1 heterocycles. The van der Waals surface area contributed by atoms with Crippen LogP contribution in [0.1, 0.15) is 0 Å². The van der Waals surface area contributed by atoms with Crippen LogP contribution in [-0.2, 0) is 11.3 Å². The number of hydrogen-bond acceptors (Lipinski definition) is 3. The average molecular weight is 324 g/mol. The fourth-order valence-electron chi connectivity index (χ4n) is 1.61. The molecule has 1 amide bonds. The van der Waals surface area contributed by atoms with E-state index in [1.54, 1.807) is 24.3 Å². The van der Waals surface area contributed by atoms with E-state index in [-0.39, 0.29) is 6.54 Å². The molecule has 19 heavy (non-hydrogen) atoms. The Morgan fingerprint density at radius 1 is 1.11 bits per heavy atom. The largest absolute Gasteiger partial charge is 0.368 e. The molecule has 0 aliphatic rings. The fourth-order valence-corrected chi connectivity index (χ4v) is 1.87. The molecule has 0 saturated carbocycles. The van der Waals surface area contributed by atoms with Gasteiger partial charge in [0.2, 0.25) is 5.91 Å². The van der Waals surface area contributed by atoms with Crippen molar-refractivity contribution in [3.8, 4) is 5.69 Å². The fraction of sp³-hybridized carbons (Fsp3) is 0.0833. The van der Waals surface area contributed by atoms with Gasteiger partial charge in [-0.2, -0.15) is 0 Å². The van der Waals surface area contributed by atoms with Crippen LogP contribution in [0.5, 0.6) is 0 Å². The summed E-state index contributed by atoms with van der Waals surface area (Å²) in [6.07, 6.45) is 2.78. The zero-order valence-corrected chi connectivity index (χ0v) is 11.3. The number of halogens is 1. The predicted octanol–water partition coefficient (Wildman–Crippen LogP) is 0.247. The number of nitrogens with zero attached hydrogens (tertiary/aromatic N) is 2. The van der Waals surface area contributed by atoms with Crippen molar-refractivity contribution in [2.75, 3.05) is 0 Å². The van der Waals surface area contributed by atoms with Crippen LogP contribution >= 0.6 is 15.9 Å². The molecule has 0 unspecified atom stereocenters.